The number of phenols is 1. The van der Waals surface area contributed by atoms with Crippen LogP contribution in [0.15, 0.2) is 54.6 Å². The van der Waals surface area contributed by atoms with Crippen molar-refractivity contribution in [1.29, 1.82) is 0 Å². The van der Waals surface area contributed by atoms with Gasteiger partial charge in [0.05, 0.1) is 0 Å². The Morgan fingerprint density at radius 1 is 1.29 bits per heavy atom. The molecule has 0 fully saturated rings. The highest BCUT2D eigenvalue weighted by Gasteiger charge is 2.44. The van der Waals surface area contributed by atoms with E-state index in [1.54, 1.807) is 6.07 Å². The third kappa shape index (κ3) is 1.64. The Kier molecular flexibility index (Phi) is 2.56. The average molecular weight is 276 g/mol. The average Bonchev–Trinajstić information content (AvgIpc) is 2.83. The monoisotopic (exact) mass is 276 g/mol. The molecule has 2 aromatic rings. The minimum Gasteiger partial charge on any atom is -0.508 e. The van der Waals surface area contributed by atoms with E-state index in [1.165, 1.54) is 28.5 Å². The van der Waals surface area contributed by atoms with Gasteiger partial charge in [0.15, 0.2) is 0 Å². The summed E-state index contributed by atoms with van der Waals surface area (Å²) < 4.78 is 0. The molecule has 1 nitrogen and oxygen atoms in total. The number of aromatic hydroxyl groups is 1. The fraction of sp³-hybridized carbons (Fsp3) is 0.300. The largest absolute Gasteiger partial charge is 0.508 e. The first-order valence-electron chi connectivity index (χ1n) is 7.71. The molecule has 0 saturated carbocycles. The van der Waals surface area contributed by atoms with Crippen molar-refractivity contribution in [2.75, 3.05) is 0 Å². The van der Waals surface area contributed by atoms with Crippen LogP contribution in [0.1, 0.15) is 36.8 Å². The van der Waals surface area contributed by atoms with Crippen LogP contribution in [0.2, 0.25) is 0 Å². The quantitative estimate of drug-likeness (QED) is 0.768. The van der Waals surface area contributed by atoms with Crippen LogP contribution in [0.5, 0.6) is 5.75 Å². The lowest BCUT2D eigenvalue weighted by atomic mass is 9.63. The molecule has 106 valence electrons. The summed E-state index contributed by atoms with van der Waals surface area (Å²) >= 11 is 0. The lowest BCUT2D eigenvalue weighted by molar-refractivity contribution is 0.299. The van der Waals surface area contributed by atoms with Crippen LogP contribution in [0.3, 0.4) is 0 Å². The van der Waals surface area contributed by atoms with E-state index in [1.807, 2.05) is 12.1 Å². The molecule has 0 aliphatic heterocycles. The zero-order valence-corrected chi connectivity index (χ0v) is 12.4. The molecule has 4 rings (SSSR count). The van der Waals surface area contributed by atoms with Crippen LogP contribution < -0.4 is 0 Å². The molecule has 1 N–H and O–H groups in total. The second-order valence-electron chi connectivity index (χ2n) is 6.61. The van der Waals surface area contributed by atoms with Gasteiger partial charge in [0, 0.05) is 0 Å². The van der Waals surface area contributed by atoms with Crippen molar-refractivity contribution >= 4 is 10.8 Å². The minimum absolute atomic E-state index is 0.249. The number of hydrogen-bond donors (Lipinski definition) is 1. The Morgan fingerprint density at radius 2 is 2.14 bits per heavy atom. The van der Waals surface area contributed by atoms with Crippen molar-refractivity contribution in [2.24, 2.45) is 5.41 Å². The molecular weight excluding hydrogens is 256 g/mol. The van der Waals surface area contributed by atoms with E-state index in [0.717, 1.165) is 18.2 Å². The van der Waals surface area contributed by atoms with Gasteiger partial charge in [0.1, 0.15) is 5.75 Å². The van der Waals surface area contributed by atoms with E-state index in [0.29, 0.717) is 11.7 Å². The molecule has 2 aliphatic rings. The van der Waals surface area contributed by atoms with E-state index in [-0.39, 0.29) is 5.41 Å². The molecular formula is C20H20O. The van der Waals surface area contributed by atoms with Gasteiger partial charge >= 0.3 is 0 Å². The molecule has 0 amide bonds. The van der Waals surface area contributed by atoms with Crippen LogP contribution >= 0.6 is 0 Å². The Balaban J connectivity index is 1.91. The van der Waals surface area contributed by atoms with Gasteiger partial charge in [0.2, 0.25) is 0 Å². The van der Waals surface area contributed by atoms with Crippen molar-refractivity contribution in [1.82, 2.24) is 0 Å². The van der Waals surface area contributed by atoms with Crippen LogP contribution in [0.4, 0.5) is 0 Å². The van der Waals surface area contributed by atoms with Gasteiger partial charge in [-0.2, -0.15) is 0 Å². The number of hydrogen-bond acceptors (Lipinski definition) is 1. The van der Waals surface area contributed by atoms with Gasteiger partial charge in [-0.3, -0.25) is 0 Å². The highest BCUT2D eigenvalue weighted by atomic mass is 16.3. The molecule has 21 heavy (non-hydrogen) atoms. The van der Waals surface area contributed by atoms with Crippen molar-refractivity contribution in [2.45, 2.75) is 32.1 Å². The molecule has 2 aromatic carbocycles. The zero-order chi connectivity index (χ0) is 14.6. The van der Waals surface area contributed by atoms with E-state index in [4.69, 9.17) is 0 Å². The smallest absolute Gasteiger partial charge is 0.116 e. The van der Waals surface area contributed by atoms with Crippen LogP contribution in [0.25, 0.3) is 10.8 Å². The number of aryl methyl sites for hydroxylation is 1. The van der Waals surface area contributed by atoms with Crippen molar-refractivity contribution < 1.29 is 5.11 Å². The van der Waals surface area contributed by atoms with E-state index >= 15 is 0 Å². The number of fused-ring (bicyclic) bond motifs is 5. The van der Waals surface area contributed by atoms with Gasteiger partial charge in [-0.05, 0) is 70.2 Å². The zero-order valence-electron chi connectivity index (χ0n) is 12.4. The number of phenolic OH excluding ortho intramolecular Hbond substituents is 1. The Labute approximate surface area is 125 Å². The van der Waals surface area contributed by atoms with Crippen molar-refractivity contribution in [3.63, 3.8) is 0 Å². The van der Waals surface area contributed by atoms with Gasteiger partial charge in [-0.1, -0.05) is 43.9 Å². The van der Waals surface area contributed by atoms with Crippen LogP contribution in [-0.2, 0) is 6.42 Å². The van der Waals surface area contributed by atoms with Gasteiger partial charge in [-0.15, -0.1) is 0 Å². The maximum absolute atomic E-state index is 9.67. The van der Waals surface area contributed by atoms with Gasteiger partial charge < -0.3 is 5.11 Å². The lowest BCUT2D eigenvalue weighted by Crippen LogP contribution is -2.29. The third-order valence-electron chi connectivity index (χ3n) is 5.64. The summed E-state index contributed by atoms with van der Waals surface area (Å²) in [4.78, 5) is 0. The van der Waals surface area contributed by atoms with Gasteiger partial charge in [0.25, 0.3) is 0 Å². The normalized spacial score (nSPS) is 27.1. The molecule has 0 saturated heterocycles. The number of rotatable bonds is 1. The standard InChI is InChI=1S/C20H20O/c1-3-14-5-9-19-18-7-4-13-12-15(21)6-8-16(13)17(18)10-11-20(14,19)2/h3-8,12,19,21H,1,9-11H2,2H3/t19-,20+/m0/s1. The predicted octanol–water partition coefficient (Wildman–Crippen LogP) is 5.10. The highest BCUT2D eigenvalue weighted by Crippen LogP contribution is 2.56. The minimum atomic E-state index is 0.249. The third-order valence-corrected chi connectivity index (χ3v) is 5.64. The molecule has 0 spiro atoms. The summed E-state index contributed by atoms with van der Waals surface area (Å²) in [6.45, 7) is 6.39. The molecule has 2 atom stereocenters. The number of benzene rings is 2. The predicted molar refractivity (Wildman–Crippen MR) is 87.7 cm³/mol. The Morgan fingerprint density at radius 3 is 2.95 bits per heavy atom. The summed E-state index contributed by atoms with van der Waals surface area (Å²) in [5.74, 6) is 0.923. The lowest BCUT2D eigenvalue weighted by Gasteiger charge is -2.40. The summed E-state index contributed by atoms with van der Waals surface area (Å²) in [7, 11) is 0. The first-order valence-corrected chi connectivity index (χ1v) is 7.71. The highest BCUT2D eigenvalue weighted by molar-refractivity contribution is 5.88. The second-order valence-corrected chi connectivity index (χ2v) is 6.61. The summed E-state index contributed by atoms with van der Waals surface area (Å²) in [5, 5.41) is 12.1. The van der Waals surface area contributed by atoms with Gasteiger partial charge in [-0.25, -0.2) is 0 Å². The van der Waals surface area contributed by atoms with Crippen molar-refractivity contribution in [3.8, 4) is 5.75 Å². The summed E-state index contributed by atoms with van der Waals surface area (Å²) in [5.41, 5.74) is 4.65. The maximum atomic E-state index is 9.67. The first-order chi connectivity index (χ1) is 10.1. The van der Waals surface area contributed by atoms with Crippen LogP contribution in [0, 0.1) is 5.41 Å². The molecule has 0 aromatic heterocycles. The SMILES string of the molecule is C=CC1=CC[C@H]2c3ccc4cc(O)ccc4c3CC[C@]12C. The fourth-order valence-corrected chi connectivity index (χ4v) is 4.43. The Hall–Kier alpha value is -2.02. The van der Waals surface area contributed by atoms with E-state index in [2.05, 4.69) is 37.8 Å². The summed E-state index contributed by atoms with van der Waals surface area (Å²) in [6, 6.07) is 10.2. The topological polar surface area (TPSA) is 20.2 Å². The molecule has 0 bridgehead atoms. The van der Waals surface area contributed by atoms with Crippen molar-refractivity contribution in [3.05, 3.63) is 65.8 Å². The van der Waals surface area contributed by atoms with E-state index < -0.39 is 0 Å². The number of allylic oxidation sites excluding steroid dienone is 3. The Bertz CT molecular complexity index is 784. The fourth-order valence-electron chi connectivity index (χ4n) is 4.43. The maximum Gasteiger partial charge on any atom is 0.116 e. The first kappa shape index (κ1) is 12.7. The molecule has 0 radical (unpaired) electrons. The van der Waals surface area contributed by atoms with E-state index in [9.17, 15) is 5.11 Å². The molecule has 2 aliphatic carbocycles. The summed E-state index contributed by atoms with van der Waals surface area (Å²) in [6.07, 6.45) is 7.82. The molecule has 0 heterocycles. The molecule has 1 heteroatoms. The van der Waals surface area contributed by atoms with Crippen LogP contribution in [-0.4, -0.2) is 5.11 Å². The second kappa shape index (κ2) is 4.24. The molecule has 0 unspecified atom stereocenters.